The summed E-state index contributed by atoms with van der Waals surface area (Å²) in [5, 5.41) is 0. The monoisotopic (exact) mass is 416 g/mol. The van der Waals surface area contributed by atoms with Gasteiger partial charge in [-0.15, -0.1) is 0 Å². The van der Waals surface area contributed by atoms with Crippen molar-refractivity contribution in [1.29, 1.82) is 0 Å². The molecule has 28 heavy (non-hydrogen) atoms. The maximum absolute atomic E-state index is 12.7. The van der Waals surface area contributed by atoms with Gasteiger partial charge in [-0.1, -0.05) is 0 Å². The van der Waals surface area contributed by atoms with Crippen molar-refractivity contribution in [3.05, 3.63) is 44.5 Å². The van der Waals surface area contributed by atoms with E-state index < -0.39 is 31.2 Å². The van der Waals surface area contributed by atoms with Crippen LogP contribution in [0.3, 0.4) is 0 Å². The van der Waals surface area contributed by atoms with Crippen molar-refractivity contribution < 1.29 is 23.1 Å². The lowest BCUT2D eigenvalue weighted by Crippen LogP contribution is -2.36. The van der Waals surface area contributed by atoms with Crippen molar-refractivity contribution in [2.75, 3.05) is 19.8 Å². The number of aromatic nitrogens is 2. The van der Waals surface area contributed by atoms with Crippen LogP contribution < -0.4 is 11.2 Å². The Balaban J connectivity index is 2.24. The lowest BCUT2D eigenvalue weighted by atomic mass is 10.2. The minimum absolute atomic E-state index is 0.116. The zero-order valence-corrected chi connectivity index (χ0v) is 17.5. The van der Waals surface area contributed by atoms with Gasteiger partial charge < -0.3 is 18.5 Å². The van der Waals surface area contributed by atoms with E-state index in [4.69, 9.17) is 18.5 Å². The number of nitrogens with zero attached hydrogens (tertiary/aromatic N) is 1. The molecule has 1 saturated heterocycles. The molecule has 0 aliphatic carbocycles. The van der Waals surface area contributed by atoms with E-state index in [1.807, 2.05) is 0 Å². The highest BCUT2D eigenvalue weighted by Gasteiger charge is 2.23. The second-order valence-corrected chi connectivity index (χ2v) is 8.31. The van der Waals surface area contributed by atoms with Gasteiger partial charge in [0.2, 0.25) is 0 Å². The van der Waals surface area contributed by atoms with Gasteiger partial charge in [0, 0.05) is 24.2 Å². The van der Waals surface area contributed by atoms with Crippen LogP contribution in [0, 0.1) is 6.92 Å². The van der Waals surface area contributed by atoms with Crippen molar-refractivity contribution in [3.8, 4) is 0 Å². The molecule has 0 amide bonds. The molecule has 0 radical (unpaired) electrons. The Hall–Kier alpha value is -1.51. The van der Waals surface area contributed by atoms with Crippen LogP contribution in [-0.4, -0.2) is 41.8 Å². The van der Waals surface area contributed by atoms with Gasteiger partial charge in [-0.2, -0.15) is 0 Å². The molecule has 0 bridgehead atoms. The molecule has 0 saturated carbocycles. The quantitative estimate of drug-likeness (QED) is 0.584. The van der Waals surface area contributed by atoms with E-state index in [0.717, 1.165) is 19.3 Å². The molecule has 158 valence electrons. The van der Waals surface area contributed by atoms with Gasteiger partial charge in [0.1, 0.15) is 0 Å². The summed E-state index contributed by atoms with van der Waals surface area (Å²) in [6.45, 7) is 6.26. The molecular weight excluding hydrogens is 387 g/mol. The van der Waals surface area contributed by atoms with E-state index in [2.05, 4.69) is 4.98 Å². The van der Waals surface area contributed by atoms with Crippen LogP contribution in [0.2, 0.25) is 0 Å². The SMILES string of the molecule is CCOP(=O)(/C=C/[C@H](Cn1cc(C)c(=O)[nH]c1=O)O[C@H]1CCCCO1)OCC. The minimum Gasteiger partial charge on any atom is -0.353 e. The van der Waals surface area contributed by atoms with Gasteiger partial charge in [0.05, 0.1) is 25.9 Å². The summed E-state index contributed by atoms with van der Waals surface area (Å²) < 4.78 is 36.2. The van der Waals surface area contributed by atoms with E-state index >= 15 is 0 Å². The highest BCUT2D eigenvalue weighted by Crippen LogP contribution is 2.49. The van der Waals surface area contributed by atoms with Crippen LogP contribution in [0.15, 0.2) is 27.7 Å². The molecule has 1 aliphatic heterocycles. The fourth-order valence-electron chi connectivity index (χ4n) is 2.80. The third-order valence-corrected chi connectivity index (χ3v) is 5.90. The first-order valence-electron chi connectivity index (χ1n) is 9.52. The van der Waals surface area contributed by atoms with Crippen LogP contribution in [0.25, 0.3) is 0 Å². The number of hydrogen-bond donors (Lipinski definition) is 1. The van der Waals surface area contributed by atoms with Crippen LogP contribution in [0.4, 0.5) is 0 Å². The lowest BCUT2D eigenvalue weighted by molar-refractivity contribution is -0.180. The second-order valence-electron chi connectivity index (χ2n) is 6.41. The molecule has 1 fully saturated rings. The summed E-state index contributed by atoms with van der Waals surface area (Å²) in [7, 11) is -3.41. The number of H-pyrrole nitrogens is 1. The molecule has 0 aromatic carbocycles. The number of ether oxygens (including phenoxy) is 2. The average molecular weight is 416 g/mol. The van der Waals surface area contributed by atoms with E-state index in [0.29, 0.717) is 12.2 Å². The molecule has 2 heterocycles. The third-order valence-electron chi connectivity index (χ3n) is 4.13. The number of rotatable bonds is 10. The predicted octanol–water partition coefficient (Wildman–Crippen LogP) is 2.54. The Morgan fingerprint density at radius 3 is 2.64 bits per heavy atom. The molecule has 0 unspecified atom stereocenters. The fourth-order valence-corrected chi connectivity index (χ4v) is 4.16. The third kappa shape index (κ3) is 6.83. The Morgan fingerprint density at radius 1 is 1.32 bits per heavy atom. The zero-order valence-electron chi connectivity index (χ0n) is 16.6. The minimum atomic E-state index is -3.41. The summed E-state index contributed by atoms with van der Waals surface area (Å²) in [5.74, 6) is 1.36. The Bertz CT molecular complexity index is 801. The molecule has 1 N–H and O–H groups in total. The average Bonchev–Trinajstić information content (AvgIpc) is 2.65. The van der Waals surface area contributed by atoms with Crippen molar-refractivity contribution >= 4 is 7.60 Å². The highest BCUT2D eigenvalue weighted by molar-refractivity contribution is 7.57. The predicted molar refractivity (Wildman–Crippen MR) is 105 cm³/mol. The van der Waals surface area contributed by atoms with E-state index in [9.17, 15) is 14.2 Å². The number of nitrogens with one attached hydrogen (secondary N) is 1. The molecule has 1 aromatic rings. The van der Waals surface area contributed by atoms with Gasteiger partial charge in [-0.25, -0.2) is 4.79 Å². The first-order valence-corrected chi connectivity index (χ1v) is 11.1. The van der Waals surface area contributed by atoms with Gasteiger partial charge >= 0.3 is 13.3 Å². The van der Waals surface area contributed by atoms with E-state index in [1.165, 1.54) is 16.6 Å². The van der Waals surface area contributed by atoms with Crippen molar-refractivity contribution in [2.45, 2.75) is 59.0 Å². The van der Waals surface area contributed by atoms with E-state index in [1.54, 1.807) is 26.8 Å². The fraction of sp³-hybridized carbons (Fsp3) is 0.667. The molecule has 1 aliphatic rings. The lowest BCUT2D eigenvalue weighted by Gasteiger charge is -2.27. The molecule has 2 atom stereocenters. The number of aromatic amines is 1. The van der Waals surface area contributed by atoms with Gasteiger partial charge in [-0.3, -0.25) is 18.9 Å². The van der Waals surface area contributed by atoms with Crippen LogP contribution in [0.1, 0.15) is 38.7 Å². The molecule has 2 rings (SSSR count). The largest absolute Gasteiger partial charge is 0.353 e. The smallest absolute Gasteiger partial charge is 0.353 e. The molecule has 9 nitrogen and oxygen atoms in total. The molecular formula is C18H29N2O7P. The van der Waals surface area contributed by atoms with Gasteiger partial charge in [0.15, 0.2) is 6.29 Å². The first kappa shape index (κ1) is 22.8. The van der Waals surface area contributed by atoms with Crippen molar-refractivity contribution in [3.63, 3.8) is 0 Å². The normalized spacial score (nSPS) is 19.2. The summed E-state index contributed by atoms with van der Waals surface area (Å²) >= 11 is 0. The highest BCUT2D eigenvalue weighted by atomic mass is 31.2. The molecule has 1 aromatic heterocycles. The zero-order chi connectivity index (χ0) is 20.6. The summed E-state index contributed by atoms with van der Waals surface area (Å²) in [5.41, 5.74) is -0.562. The van der Waals surface area contributed by atoms with Crippen molar-refractivity contribution in [2.24, 2.45) is 0 Å². The topological polar surface area (TPSA) is 109 Å². The maximum atomic E-state index is 12.7. The molecule has 0 spiro atoms. The Morgan fingerprint density at radius 2 is 2.04 bits per heavy atom. The summed E-state index contributed by atoms with van der Waals surface area (Å²) in [6, 6.07) is 0. The van der Waals surface area contributed by atoms with Crippen LogP contribution >= 0.6 is 7.60 Å². The van der Waals surface area contributed by atoms with Crippen LogP contribution in [-0.2, 0) is 29.6 Å². The maximum Gasteiger partial charge on any atom is 0.353 e. The second kappa shape index (κ2) is 10.9. The van der Waals surface area contributed by atoms with Gasteiger partial charge in [-0.05, 0) is 46.1 Å². The van der Waals surface area contributed by atoms with Crippen LogP contribution in [0.5, 0.6) is 0 Å². The van der Waals surface area contributed by atoms with Gasteiger partial charge in [0.25, 0.3) is 5.56 Å². The summed E-state index contributed by atoms with van der Waals surface area (Å²) in [4.78, 5) is 26.0. The van der Waals surface area contributed by atoms with Crippen molar-refractivity contribution in [1.82, 2.24) is 9.55 Å². The number of hydrogen-bond acceptors (Lipinski definition) is 7. The standard InChI is InChI=1S/C18H29N2O7P/c1-4-25-28(23,26-5-2)11-9-15(27-16-8-6-7-10-24-16)13-20-12-14(3)17(21)19-18(20)22/h9,11-12,15-16H,4-8,10,13H2,1-3H3,(H,19,21,22)/b11-9+/t15-,16+/m1/s1. The first-order chi connectivity index (χ1) is 13.4. The number of aryl methyl sites for hydroxylation is 1. The molecule has 10 heteroatoms. The van der Waals surface area contributed by atoms with E-state index in [-0.39, 0.29) is 19.8 Å². The summed E-state index contributed by atoms with van der Waals surface area (Å²) in [6.07, 6.45) is 4.69. The Kier molecular flexibility index (Phi) is 8.85. The Labute approximate surface area is 164 Å².